The summed E-state index contributed by atoms with van der Waals surface area (Å²) in [5.74, 6) is 0.604. The Hall–Kier alpha value is -0.860. The minimum atomic E-state index is 0.196. The molecule has 1 aromatic carbocycles. The lowest BCUT2D eigenvalue weighted by Crippen LogP contribution is -2.36. The largest absolute Gasteiger partial charge is 0.395 e. The molecule has 2 heteroatoms. The summed E-state index contributed by atoms with van der Waals surface area (Å²) in [5, 5.41) is 13.1. The van der Waals surface area contributed by atoms with Crippen molar-refractivity contribution in [3.05, 3.63) is 35.9 Å². The fourth-order valence-electron chi connectivity index (χ4n) is 2.37. The van der Waals surface area contributed by atoms with Crippen molar-refractivity contribution in [1.82, 2.24) is 5.32 Å². The Labute approximate surface area is 111 Å². The van der Waals surface area contributed by atoms with Crippen molar-refractivity contribution in [1.29, 1.82) is 0 Å². The van der Waals surface area contributed by atoms with Gasteiger partial charge in [-0.25, -0.2) is 0 Å². The first-order chi connectivity index (χ1) is 8.67. The Kier molecular flexibility index (Phi) is 6.99. The standard InChI is InChI=1S/C16H27NO/c1-4-8-16(14-9-6-5-7-10-14)17-15(12-18)11-13(2)3/h5-7,9-10,13,15-18H,4,8,11-12H2,1-3H3. The lowest BCUT2D eigenvalue weighted by molar-refractivity contribution is 0.210. The summed E-state index contributed by atoms with van der Waals surface area (Å²) >= 11 is 0. The van der Waals surface area contributed by atoms with Gasteiger partial charge in [-0.15, -0.1) is 0 Å². The number of benzene rings is 1. The third-order valence-electron chi connectivity index (χ3n) is 3.19. The van der Waals surface area contributed by atoms with Gasteiger partial charge in [0.05, 0.1) is 6.61 Å². The number of hydrogen-bond acceptors (Lipinski definition) is 2. The van der Waals surface area contributed by atoms with E-state index in [-0.39, 0.29) is 12.6 Å². The van der Waals surface area contributed by atoms with E-state index in [1.54, 1.807) is 0 Å². The highest BCUT2D eigenvalue weighted by molar-refractivity contribution is 5.19. The third kappa shape index (κ3) is 5.19. The Morgan fingerprint density at radius 1 is 1.17 bits per heavy atom. The predicted molar refractivity (Wildman–Crippen MR) is 77.6 cm³/mol. The molecular weight excluding hydrogens is 222 g/mol. The fraction of sp³-hybridized carbons (Fsp3) is 0.625. The van der Waals surface area contributed by atoms with Gasteiger partial charge in [-0.2, -0.15) is 0 Å². The van der Waals surface area contributed by atoms with Gasteiger partial charge in [0.2, 0.25) is 0 Å². The van der Waals surface area contributed by atoms with E-state index in [1.165, 1.54) is 5.56 Å². The number of aliphatic hydroxyl groups excluding tert-OH is 1. The Balaban J connectivity index is 2.67. The molecule has 2 unspecified atom stereocenters. The highest BCUT2D eigenvalue weighted by atomic mass is 16.3. The SMILES string of the molecule is CCCC(NC(CO)CC(C)C)c1ccccc1. The van der Waals surface area contributed by atoms with Crippen LogP contribution in [-0.4, -0.2) is 17.8 Å². The Bertz CT molecular complexity index is 310. The molecule has 2 nitrogen and oxygen atoms in total. The summed E-state index contributed by atoms with van der Waals surface area (Å²) in [6.45, 7) is 6.81. The van der Waals surface area contributed by atoms with Gasteiger partial charge < -0.3 is 10.4 Å². The maximum Gasteiger partial charge on any atom is 0.0584 e. The molecule has 1 rings (SSSR count). The predicted octanol–water partition coefficient (Wildman–Crippen LogP) is 3.52. The second kappa shape index (κ2) is 8.28. The van der Waals surface area contributed by atoms with Crippen LogP contribution >= 0.6 is 0 Å². The monoisotopic (exact) mass is 249 g/mol. The third-order valence-corrected chi connectivity index (χ3v) is 3.19. The van der Waals surface area contributed by atoms with Gasteiger partial charge in [0, 0.05) is 12.1 Å². The zero-order valence-electron chi connectivity index (χ0n) is 11.9. The summed E-state index contributed by atoms with van der Waals surface area (Å²) in [5.41, 5.74) is 1.32. The molecule has 1 aromatic rings. The van der Waals surface area contributed by atoms with E-state index in [2.05, 4.69) is 50.4 Å². The smallest absolute Gasteiger partial charge is 0.0584 e. The molecule has 0 saturated carbocycles. The summed E-state index contributed by atoms with van der Waals surface area (Å²) in [6, 6.07) is 11.1. The molecule has 0 aliphatic heterocycles. The van der Waals surface area contributed by atoms with Crippen LogP contribution in [0.3, 0.4) is 0 Å². The van der Waals surface area contributed by atoms with Crippen LogP contribution < -0.4 is 5.32 Å². The molecule has 0 aliphatic carbocycles. The van der Waals surface area contributed by atoms with Crippen LogP contribution in [0.2, 0.25) is 0 Å². The molecule has 0 saturated heterocycles. The van der Waals surface area contributed by atoms with Crippen molar-refractivity contribution >= 4 is 0 Å². The highest BCUT2D eigenvalue weighted by Gasteiger charge is 2.16. The molecule has 102 valence electrons. The number of hydrogen-bond donors (Lipinski definition) is 2. The molecule has 2 N–H and O–H groups in total. The van der Waals surface area contributed by atoms with Gasteiger partial charge in [-0.05, 0) is 24.3 Å². The minimum absolute atomic E-state index is 0.196. The summed E-state index contributed by atoms with van der Waals surface area (Å²) in [6.07, 6.45) is 3.27. The first-order valence-corrected chi connectivity index (χ1v) is 7.09. The van der Waals surface area contributed by atoms with E-state index < -0.39 is 0 Å². The van der Waals surface area contributed by atoms with Crippen molar-refractivity contribution in [2.75, 3.05) is 6.61 Å². The molecule has 0 bridgehead atoms. The molecule has 0 heterocycles. The zero-order valence-corrected chi connectivity index (χ0v) is 11.9. The van der Waals surface area contributed by atoms with E-state index in [0.29, 0.717) is 12.0 Å². The zero-order chi connectivity index (χ0) is 13.4. The van der Waals surface area contributed by atoms with E-state index in [4.69, 9.17) is 0 Å². The second-order valence-corrected chi connectivity index (χ2v) is 5.43. The van der Waals surface area contributed by atoms with Gasteiger partial charge in [0.25, 0.3) is 0 Å². The second-order valence-electron chi connectivity index (χ2n) is 5.43. The van der Waals surface area contributed by atoms with Crippen LogP contribution in [0.15, 0.2) is 30.3 Å². The fourth-order valence-corrected chi connectivity index (χ4v) is 2.37. The van der Waals surface area contributed by atoms with Crippen LogP contribution in [0.1, 0.15) is 51.6 Å². The van der Waals surface area contributed by atoms with E-state index in [9.17, 15) is 5.11 Å². The first-order valence-electron chi connectivity index (χ1n) is 7.09. The highest BCUT2D eigenvalue weighted by Crippen LogP contribution is 2.20. The molecule has 0 fully saturated rings. The molecule has 0 aliphatic rings. The molecule has 0 spiro atoms. The van der Waals surface area contributed by atoms with E-state index in [0.717, 1.165) is 19.3 Å². The summed E-state index contributed by atoms with van der Waals surface area (Å²) in [4.78, 5) is 0. The molecule has 0 aromatic heterocycles. The average Bonchev–Trinajstić information content (AvgIpc) is 2.37. The summed E-state index contributed by atoms with van der Waals surface area (Å²) < 4.78 is 0. The van der Waals surface area contributed by atoms with Crippen LogP contribution in [0.25, 0.3) is 0 Å². The van der Waals surface area contributed by atoms with E-state index in [1.807, 2.05) is 6.07 Å². The van der Waals surface area contributed by atoms with Crippen molar-refractivity contribution in [3.63, 3.8) is 0 Å². The number of rotatable bonds is 8. The average molecular weight is 249 g/mol. The lowest BCUT2D eigenvalue weighted by atomic mass is 9.98. The lowest BCUT2D eigenvalue weighted by Gasteiger charge is -2.26. The molecule has 0 amide bonds. The van der Waals surface area contributed by atoms with Gasteiger partial charge >= 0.3 is 0 Å². The summed E-state index contributed by atoms with van der Waals surface area (Å²) in [7, 11) is 0. The molecule has 0 radical (unpaired) electrons. The molecule has 2 atom stereocenters. The molecule has 18 heavy (non-hydrogen) atoms. The van der Waals surface area contributed by atoms with Gasteiger partial charge in [0.15, 0.2) is 0 Å². The van der Waals surface area contributed by atoms with Crippen molar-refractivity contribution in [2.24, 2.45) is 5.92 Å². The number of aliphatic hydroxyl groups is 1. The Morgan fingerprint density at radius 2 is 1.83 bits per heavy atom. The van der Waals surface area contributed by atoms with E-state index >= 15 is 0 Å². The normalized spacial score (nSPS) is 14.7. The number of nitrogens with one attached hydrogen (secondary N) is 1. The van der Waals surface area contributed by atoms with Crippen molar-refractivity contribution in [2.45, 2.75) is 52.1 Å². The van der Waals surface area contributed by atoms with Crippen LogP contribution in [0, 0.1) is 5.92 Å². The molecular formula is C16H27NO. The maximum absolute atomic E-state index is 9.48. The Morgan fingerprint density at radius 3 is 2.33 bits per heavy atom. The first kappa shape index (κ1) is 15.2. The van der Waals surface area contributed by atoms with Crippen molar-refractivity contribution in [3.8, 4) is 0 Å². The quantitative estimate of drug-likeness (QED) is 0.739. The van der Waals surface area contributed by atoms with Crippen LogP contribution in [-0.2, 0) is 0 Å². The van der Waals surface area contributed by atoms with Gasteiger partial charge in [0.1, 0.15) is 0 Å². The topological polar surface area (TPSA) is 32.3 Å². The van der Waals surface area contributed by atoms with Crippen LogP contribution in [0.4, 0.5) is 0 Å². The van der Waals surface area contributed by atoms with Crippen LogP contribution in [0.5, 0.6) is 0 Å². The van der Waals surface area contributed by atoms with Crippen molar-refractivity contribution < 1.29 is 5.11 Å². The minimum Gasteiger partial charge on any atom is -0.395 e. The van der Waals surface area contributed by atoms with Gasteiger partial charge in [-0.1, -0.05) is 57.5 Å². The maximum atomic E-state index is 9.48. The van der Waals surface area contributed by atoms with Gasteiger partial charge in [-0.3, -0.25) is 0 Å².